The van der Waals surface area contributed by atoms with E-state index in [1.807, 2.05) is 6.07 Å². The van der Waals surface area contributed by atoms with Crippen LogP contribution in [0.2, 0.25) is 0 Å². The molecule has 0 fully saturated rings. The number of carbonyl (C=O) groups excluding carboxylic acids is 2. The molecule has 0 bridgehead atoms. The smallest absolute Gasteiger partial charge is 0.352 e. The zero-order valence-corrected chi connectivity index (χ0v) is 19.4. The summed E-state index contributed by atoms with van der Waals surface area (Å²) in [4.78, 5) is 28.5. The van der Waals surface area contributed by atoms with Crippen molar-refractivity contribution in [1.29, 1.82) is 5.26 Å². The molecule has 3 amide bonds. The fraction of sp³-hybridized carbons (Fsp3) is 0.261. The van der Waals surface area contributed by atoms with Crippen LogP contribution in [0.5, 0.6) is 0 Å². The van der Waals surface area contributed by atoms with Crippen LogP contribution in [0.3, 0.4) is 0 Å². The number of nitrogens with one attached hydrogen (secondary N) is 1. The number of anilines is 1. The quantitative estimate of drug-likeness (QED) is 0.689. The van der Waals surface area contributed by atoms with Crippen LogP contribution in [0.25, 0.3) is 0 Å². The van der Waals surface area contributed by atoms with Crippen molar-refractivity contribution in [2.75, 3.05) is 24.7 Å². The van der Waals surface area contributed by atoms with Crippen LogP contribution in [-0.4, -0.2) is 45.1 Å². The van der Waals surface area contributed by atoms with E-state index in [0.717, 1.165) is 28.2 Å². The highest BCUT2D eigenvalue weighted by atomic mass is 32.2. The van der Waals surface area contributed by atoms with Crippen molar-refractivity contribution in [3.8, 4) is 6.07 Å². The first-order valence-electron chi connectivity index (χ1n) is 10.3. The molecule has 0 saturated heterocycles. The van der Waals surface area contributed by atoms with E-state index in [9.17, 15) is 36.4 Å². The predicted octanol–water partition coefficient (Wildman–Crippen LogP) is 3.37. The number of alkyl halides is 3. The van der Waals surface area contributed by atoms with Gasteiger partial charge in [0.25, 0.3) is 5.91 Å². The molecule has 35 heavy (non-hydrogen) atoms. The number of carbonyl (C=O) groups is 2. The van der Waals surface area contributed by atoms with Crippen molar-refractivity contribution in [3.05, 3.63) is 70.4 Å². The summed E-state index contributed by atoms with van der Waals surface area (Å²) < 4.78 is 65.1. The molecule has 1 atom stereocenters. The Morgan fingerprint density at radius 1 is 1.14 bits per heavy atom. The number of amides is 3. The topological polar surface area (TPSA) is 111 Å². The van der Waals surface area contributed by atoms with Gasteiger partial charge in [0, 0.05) is 32.0 Å². The van der Waals surface area contributed by atoms with Gasteiger partial charge in [-0.05, 0) is 35.9 Å². The van der Waals surface area contributed by atoms with Gasteiger partial charge in [-0.25, -0.2) is 13.2 Å². The monoisotopic (exact) mass is 504 g/mol. The molecule has 0 aliphatic carbocycles. The lowest BCUT2D eigenvalue weighted by atomic mass is 9.89. The van der Waals surface area contributed by atoms with E-state index in [4.69, 9.17) is 0 Å². The van der Waals surface area contributed by atoms with Gasteiger partial charge in [-0.1, -0.05) is 12.1 Å². The Labute approximate surface area is 199 Å². The number of urea groups is 1. The first kappa shape index (κ1) is 24.3. The van der Waals surface area contributed by atoms with Gasteiger partial charge in [0.2, 0.25) is 0 Å². The Kier molecular flexibility index (Phi) is 5.84. The number of halogens is 3. The average Bonchev–Trinajstić information content (AvgIpc) is 2.79. The average molecular weight is 504 g/mol. The predicted molar refractivity (Wildman–Crippen MR) is 119 cm³/mol. The van der Waals surface area contributed by atoms with Crippen molar-refractivity contribution in [1.82, 2.24) is 10.2 Å². The van der Waals surface area contributed by atoms with Gasteiger partial charge in [0.05, 0.1) is 39.4 Å². The lowest BCUT2D eigenvalue weighted by molar-refractivity contribution is -0.137. The summed E-state index contributed by atoms with van der Waals surface area (Å²) in [6.45, 7) is 0.142. The minimum absolute atomic E-state index is 0.0466. The van der Waals surface area contributed by atoms with Crippen LogP contribution in [0.1, 0.15) is 29.2 Å². The Morgan fingerprint density at radius 3 is 2.49 bits per heavy atom. The van der Waals surface area contributed by atoms with E-state index < -0.39 is 39.6 Å². The van der Waals surface area contributed by atoms with Crippen molar-refractivity contribution in [3.63, 3.8) is 0 Å². The minimum atomic E-state index is -4.64. The second-order valence-corrected chi connectivity index (χ2v) is 10.2. The van der Waals surface area contributed by atoms with E-state index in [1.165, 1.54) is 37.4 Å². The molecule has 8 nitrogen and oxygen atoms in total. The normalized spacial score (nSPS) is 18.8. The summed E-state index contributed by atoms with van der Waals surface area (Å²) in [6.07, 6.45) is -3.56. The molecule has 2 aromatic rings. The van der Waals surface area contributed by atoms with Crippen LogP contribution in [-0.2, 0) is 20.8 Å². The van der Waals surface area contributed by atoms with Gasteiger partial charge in [0.15, 0.2) is 9.84 Å². The molecule has 12 heteroatoms. The maximum absolute atomic E-state index is 13.5. The molecule has 2 aromatic carbocycles. The highest BCUT2D eigenvalue weighted by Crippen LogP contribution is 2.43. The third-order valence-corrected chi connectivity index (χ3v) is 7.05. The van der Waals surface area contributed by atoms with Crippen molar-refractivity contribution >= 4 is 27.5 Å². The van der Waals surface area contributed by atoms with E-state index in [2.05, 4.69) is 5.32 Å². The lowest BCUT2D eigenvalue weighted by Crippen LogP contribution is -2.53. The summed E-state index contributed by atoms with van der Waals surface area (Å²) in [5.41, 5.74) is -0.611. The summed E-state index contributed by atoms with van der Waals surface area (Å²) >= 11 is 0. The van der Waals surface area contributed by atoms with Crippen LogP contribution in [0.15, 0.2) is 58.6 Å². The highest BCUT2D eigenvalue weighted by Gasteiger charge is 2.45. The van der Waals surface area contributed by atoms with Gasteiger partial charge in [0.1, 0.15) is 0 Å². The molecular formula is C23H19F3N4O4S. The second kappa shape index (κ2) is 8.42. The molecule has 0 aromatic heterocycles. The Morgan fingerprint density at radius 2 is 1.86 bits per heavy atom. The van der Waals surface area contributed by atoms with Crippen LogP contribution < -0.4 is 10.2 Å². The number of hydrogen-bond donors (Lipinski definition) is 1. The SMILES string of the molecule is CN1C(=O)N(c2cccc(C(F)(F)F)c2)C2=C(C(=O)NCC2)C1c1ccc(C#N)cc1S(C)(=O)=O. The lowest BCUT2D eigenvalue weighted by Gasteiger charge is -2.44. The van der Waals surface area contributed by atoms with Gasteiger partial charge in [-0.15, -0.1) is 0 Å². The molecule has 1 N–H and O–H groups in total. The molecule has 1 unspecified atom stereocenters. The van der Waals surface area contributed by atoms with E-state index >= 15 is 0 Å². The zero-order valence-electron chi connectivity index (χ0n) is 18.5. The number of benzene rings is 2. The van der Waals surface area contributed by atoms with Gasteiger partial charge in [-0.3, -0.25) is 9.69 Å². The van der Waals surface area contributed by atoms with Crippen molar-refractivity contribution < 1.29 is 31.2 Å². The third kappa shape index (κ3) is 4.23. The third-order valence-electron chi connectivity index (χ3n) is 5.89. The number of nitrogens with zero attached hydrogens (tertiary/aromatic N) is 3. The van der Waals surface area contributed by atoms with E-state index in [-0.39, 0.29) is 45.9 Å². The first-order valence-corrected chi connectivity index (χ1v) is 12.2. The fourth-order valence-electron chi connectivity index (χ4n) is 4.35. The number of nitriles is 1. The fourth-order valence-corrected chi connectivity index (χ4v) is 5.30. The van der Waals surface area contributed by atoms with Gasteiger partial charge < -0.3 is 10.2 Å². The van der Waals surface area contributed by atoms with Crippen molar-refractivity contribution in [2.24, 2.45) is 0 Å². The standard InChI is InChI=1S/C23H19F3N4O4S/c1-29-20(16-7-6-13(12-27)10-18(16)35(2,33)34)19-17(8-9-28-21(19)31)30(22(29)32)15-5-3-4-14(11-15)23(24,25)26/h3-7,10-11,20H,8-9H2,1-2H3,(H,28,31). The van der Waals surface area contributed by atoms with E-state index in [1.54, 1.807) is 0 Å². The number of hydrogen-bond acceptors (Lipinski definition) is 5. The number of rotatable bonds is 3. The maximum Gasteiger partial charge on any atom is 0.416 e. The van der Waals surface area contributed by atoms with E-state index in [0.29, 0.717) is 0 Å². The Balaban J connectivity index is 1.98. The number of likely N-dealkylation sites (N-methyl/N-ethyl adjacent to an activating group) is 1. The molecule has 182 valence electrons. The van der Waals surface area contributed by atoms with Gasteiger partial charge in [-0.2, -0.15) is 18.4 Å². The Hall–Kier alpha value is -3.85. The molecule has 2 aliphatic heterocycles. The summed E-state index contributed by atoms with van der Waals surface area (Å²) in [5.74, 6) is -0.573. The van der Waals surface area contributed by atoms with Crippen LogP contribution in [0, 0.1) is 11.3 Å². The highest BCUT2D eigenvalue weighted by molar-refractivity contribution is 7.90. The first-order chi connectivity index (χ1) is 16.3. The summed E-state index contributed by atoms with van der Waals surface area (Å²) in [7, 11) is -2.54. The Bertz CT molecular complexity index is 1430. The van der Waals surface area contributed by atoms with Crippen LogP contribution in [0.4, 0.5) is 23.7 Å². The number of sulfone groups is 1. The second-order valence-electron chi connectivity index (χ2n) is 8.18. The molecular weight excluding hydrogens is 485 g/mol. The zero-order chi connectivity index (χ0) is 25.7. The maximum atomic E-state index is 13.5. The molecule has 2 aliphatic rings. The molecule has 0 radical (unpaired) electrons. The van der Waals surface area contributed by atoms with Crippen molar-refractivity contribution in [2.45, 2.75) is 23.5 Å². The molecule has 0 spiro atoms. The van der Waals surface area contributed by atoms with Crippen LogP contribution >= 0.6 is 0 Å². The molecule has 0 saturated carbocycles. The minimum Gasteiger partial charge on any atom is -0.352 e. The summed E-state index contributed by atoms with van der Waals surface area (Å²) in [5, 5.41) is 11.9. The molecule has 2 heterocycles. The molecule has 4 rings (SSSR count). The largest absolute Gasteiger partial charge is 0.416 e. The van der Waals surface area contributed by atoms with Gasteiger partial charge >= 0.3 is 12.2 Å². The summed E-state index contributed by atoms with van der Waals surface area (Å²) in [6, 6.07) is 8.12.